The van der Waals surface area contributed by atoms with Crippen molar-refractivity contribution in [2.45, 2.75) is 73.5 Å². The Bertz CT molecular complexity index is 1910. The molecule has 3 N–H and O–H groups in total. The van der Waals surface area contributed by atoms with Gasteiger partial charge in [0.15, 0.2) is 18.2 Å². The number of nitrogens with zero attached hydrogens (tertiary/aromatic N) is 10. The number of aromatic nitrogens is 3. The Morgan fingerprint density at radius 2 is 1.10 bits per heavy atom. The topological polar surface area (TPSA) is 207 Å². The van der Waals surface area contributed by atoms with Crippen LogP contribution in [0.2, 0.25) is 0 Å². The number of nitrogen functional groups attached to an aromatic ring is 1. The van der Waals surface area contributed by atoms with E-state index in [4.69, 9.17) is 19.9 Å². The number of morpholine rings is 3. The Kier molecular flexibility index (Phi) is 15.3. The quantitative estimate of drug-likeness (QED) is 0.221. The summed E-state index contributed by atoms with van der Waals surface area (Å²) >= 11 is 0. The van der Waals surface area contributed by atoms with E-state index in [1.165, 1.54) is 31.7 Å². The van der Waals surface area contributed by atoms with E-state index in [9.17, 15) is 24.6 Å². The van der Waals surface area contributed by atoms with E-state index >= 15 is 0 Å². The maximum atomic E-state index is 12.1. The number of hydrogen-bond acceptors (Lipinski definition) is 17. The lowest BCUT2D eigenvalue weighted by molar-refractivity contribution is -0.389. The molecule has 3 unspecified atom stereocenters. The van der Waals surface area contributed by atoms with Crippen LogP contribution in [0.15, 0.2) is 55.0 Å². The predicted octanol–water partition coefficient (Wildman–Crippen LogP) is 3.45. The van der Waals surface area contributed by atoms with E-state index in [0.29, 0.717) is 24.1 Å². The molecule has 0 spiro atoms. The van der Waals surface area contributed by atoms with Crippen molar-refractivity contribution in [3.63, 3.8) is 0 Å². The normalized spacial score (nSPS) is 24.1. The minimum absolute atomic E-state index is 0.115. The van der Waals surface area contributed by atoms with Gasteiger partial charge >= 0.3 is 11.6 Å². The molecule has 3 aromatic rings. The fraction of sp³-hybridized carbons (Fsp3) is 0.643. The molecule has 6 aliphatic rings. The summed E-state index contributed by atoms with van der Waals surface area (Å²) in [5.74, 6) is -0.469. The van der Waals surface area contributed by atoms with Gasteiger partial charge < -0.3 is 70.0 Å². The Hall–Kier alpha value is -4.70. The minimum Gasteiger partial charge on any atom is -0.384 e. The summed E-state index contributed by atoms with van der Waals surface area (Å²) in [5.41, 5.74) is 8.48. The van der Waals surface area contributed by atoms with Crippen molar-refractivity contribution in [1.29, 1.82) is 0 Å². The number of ether oxygens (including phenoxy) is 3. The van der Waals surface area contributed by atoms with E-state index in [2.05, 4.69) is 87.1 Å². The third kappa shape index (κ3) is 11.3. The molecule has 340 valence electrons. The number of hydrogen-bond donors (Lipinski definition) is 2. The van der Waals surface area contributed by atoms with E-state index in [1.54, 1.807) is 12.3 Å². The second-order valence-electron chi connectivity index (χ2n) is 17.3. The summed E-state index contributed by atoms with van der Waals surface area (Å²) in [7, 11) is 12.8. The molecule has 0 aromatic carbocycles. The zero-order valence-electron chi connectivity index (χ0n) is 36.8. The van der Waals surface area contributed by atoms with Crippen LogP contribution in [0.1, 0.15) is 38.5 Å². The summed E-state index contributed by atoms with van der Waals surface area (Å²) < 4.78 is 29.8. The second-order valence-corrected chi connectivity index (χ2v) is 17.3. The highest BCUT2D eigenvalue weighted by molar-refractivity contribution is 5.49. The highest BCUT2D eigenvalue weighted by atomic mass is 19.1. The Morgan fingerprint density at radius 1 is 0.661 bits per heavy atom. The van der Waals surface area contributed by atoms with Gasteiger partial charge in [-0.3, -0.25) is 0 Å². The van der Waals surface area contributed by atoms with Crippen molar-refractivity contribution in [2.24, 2.45) is 0 Å². The third-order valence-electron chi connectivity index (χ3n) is 13.1. The lowest BCUT2D eigenvalue weighted by Gasteiger charge is -2.40. The number of likely N-dealkylation sites (N-methyl/N-ethyl adjacent to an activating group) is 3. The number of nitro groups is 2. The minimum atomic E-state index is -0.681. The molecule has 3 saturated carbocycles. The molecule has 9 rings (SSSR count). The molecule has 6 heterocycles. The van der Waals surface area contributed by atoms with E-state index in [0.717, 1.165) is 95.0 Å². The zero-order valence-corrected chi connectivity index (χ0v) is 36.8. The first-order valence-electron chi connectivity index (χ1n) is 21.3. The van der Waals surface area contributed by atoms with E-state index < -0.39 is 15.7 Å². The first kappa shape index (κ1) is 46.8. The number of halogens is 1. The van der Waals surface area contributed by atoms with E-state index in [1.807, 2.05) is 18.3 Å². The Balaban J connectivity index is 0.000000144. The van der Waals surface area contributed by atoms with Crippen molar-refractivity contribution in [3.8, 4) is 0 Å². The largest absolute Gasteiger partial charge is 0.384 e. The summed E-state index contributed by atoms with van der Waals surface area (Å²) in [4.78, 5) is 42.2. The average Bonchev–Trinajstić information content (AvgIpc) is 4.14. The molecule has 3 saturated heterocycles. The molecule has 0 radical (unpaired) electrons. The van der Waals surface area contributed by atoms with E-state index in [-0.39, 0.29) is 34.9 Å². The van der Waals surface area contributed by atoms with Gasteiger partial charge in [-0.1, -0.05) is 0 Å². The second kappa shape index (κ2) is 20.2. The highest BCUT2D eigenvalue weighted by Gasteiger charge is 2.55. The first-order chi connectivity index (χ1) is 29.6. The average molecular weight is 867 g/mol. The summed E-state index contributed by atoms with van der Waals surface area (Å²) in [6.07, 6.45) is 12.5. The molecule has 20 heteroatoms. The van der Waals surface area contributed by atoms with Gasteiger partial charge in [0.25, 0.3) is 0 Å². The van der Waals surface area contributed by atoms with Crippen molar-refractivity contribution < 1.29 is 28.4 Å². The molecular formula is C42H63FN12O7. The molecule has 3 atom stereocenters. The maximum Gasteiger partial charge on any atom is 0.363 e. The Morgan fingerprint density at radius 3 is 1.45 bits per heavy atom. The summed E-state index contributed by atoms with van der Waals surface area (Å²) in [6.45, 7) is 7.83. The molecule has 6 fully saturated rings. The summed E-state index contributed by atoms with van der Waals surface area (Å²) in [6, 6.07) is 9.13. The third-order valence-corrected chi connectivity index (χ3v) is 13.1. The number of pyridine rings is 3. The fourth-order valence-corrected chi connectivity index (χ4v) is 8.62. The van der Waals surface area contributed by atoms with Gasteiger partial charge in [-0.15, -0.1) is 0 Å². The van der Waals surface area contributed by atoms with Crippen LogP contribution in [0.3, 0.4) is 0 Å². The molecule has 19 nitrogen and oxygen atoms in total. The fourth-order valence-electron chi connectivity index (χ4n) is 8.62. The van der Waals surface area contributed by atoms with Crippen LogP contribution in [0.5, 0.6) is 0 Å². The van der Waals surface area contributed by atoms with Crippen LogP contribution < -0.4 is 20.9 Å². The van der Waals surface area contributed by atoms with Crippen LogP contribution in [-0.2, 0) is 14.2 Å². The molecule has 3 aromatic heterocycles. The van der Waals surface area contributed by atoms with Gasteiger partial charge in [-0.2, -0.15) is 0 Å². The van der Waals surface area contributed by atoms with Crippen LogP contribution in [0, 0.1) is 26.0 Å². The van der Waals surface area contributed by atoms with Gasteiger partial charge in [0.2, 0.25) is 0 Å². The highest BCUT2D eigenvalue weighted by Crippen LogP contribution is 2.47. The Labute approximate surface area is 363 Å². The lowest BCUT2D eigenvalue weighted by Crippen LogP contribution is -2.53. The van der Waals surface area contributed by atoms with Crippen LogP contribution >= 0.6 is 0 Å². The lowest BCUT2D eigenvalue weighted by atomic mass is 10.1. The maximum absolute atomic E-state index is 12.1. The van der Waals surface area contributed by atoms with Crippen molar-refractivity contribution in [3.05, 3.63) is 81.0 Å². The zero-order chi connectivity index (χ0) is 44.7. The van der Waals surface area contributed by atoms with Gasteiger partial charge in [-0.25, -0.2) is 9.37 Å². The van der Waals surface area contributed by atoms with Gasteiger partial charge in [0, 0.05) is 68.0 Å². The number of rotatable bonds is 10. The first-order valence-corrected chi connectivity index (χ1v) is 21.3. The van der Waals surface area contributed by atoms with Crippen LogP contribution in [0.4, 0.5) is 33.2 Å². The molecule has 0 amide bonds. The van der Waals surface area contributed by atoms with Crippen LogP contribution in [0.25, 0.3) is 0 Å². The predicted molar refractivity (Wildman–Crippen MR) is 234 cm³/mol. The molecule has 3 aliphatic heterocycles. The SMILES string of the molecule is CN(C)C1(C2CN(c3ccc(N)nc3)CCO2)CC1.CN(C)C1(C2CN(c3ccc([N+](=O)[O-])nc3)CCO2)CC1.CN(C)C1(C2CNCCO2)CC1.O=[N+]([O-])c1ccc(F)cn1. The van der Waals surface area contributed by atoms with Crippen LogP contribution in [-0.4, -0.2) is 176 Å². The van der Waals surface area contributed by atoms with Crippen molar-refractivity contribution >= 4 is 28.8 Å². The standard InChI is InChI=1S/C14H20N4O3.C14H22N4O.C9H18N2O.C5H3FN2O2/c1-16(2)14(5-6-14)12-10-17(7-8-21-12)11-3-4-13(15-9-11)18(19)20;1-17(2)14(5-6-14)12-10-18(7-8-19-12)11-3-4-13(15)16-9-11;1-11(2)9(3-4-9)8-7-10-5-6-12-8;6-4-1-2-5(7-3-4)8(9)10/h3-4,9,12H,5-8,10H2,1-2H3;3-4,9,12H,5-8,10H2,1-2H3,(H2,15,16);8,10H,3-7H2,1-2H3;1-3H. The summed E-state index contributed by atoms with van der Waals surface area (Å²) in [5, 5.41) is 24.0. The molecule has 62 heavy (non-hydrogen) atoms. The van der Waals surface area contributed by atoms with Gasteiger partial charge in [0.05, 0.1) is 55.7 Å². The smallest absolute Gasteiger partial charge is 0.363 e. The van der Waals surface area contributed by atoms with Crippen molar-refractivity contribution in [2.75, 3.05) is 117 Å². The number of nitrogens with two attached hydrogens (primary N) is 1. The number of nitrogens with one attached hydrogen (secondary N) is 1. The monoisotopic (exact) mass is 866 g/mol. The van der Waals surface area contributed by atoms with Gasteiger partial charge in [-0.05, 0) is 125 Å². The van der Waals surface area contributed by atoms with Crippen molar-refractivity contribution in [1.82, 2.24) is 35.0 Å². The molecular weight excluding hydrogens is 804 g/mol. The number of anilines is 3. The van der Waals surface area contributed by atoms with Gasteiger partial charge in [0.1, 0.15) is 5.82 Å². The molecule has 0 bridgehead atoms. The molecule has 3 aliphatic carbocycles.